The monoisotopic (exact) mass is 325 g/mol. The van der Waals surface area contributed by atoms with Crippen molar-refractivity contribution in [3.05, 3.63) is 35.4 Å². The highest BCUT2D eigenvalue weighted by Gasteiger charge is 2.23. The van der Waals surface area contributed by atoms with E-state index in [4.69, 9.17) is 11.6 Å². The second-order valence-corrected chi connectivity index (χ2v) is 7.57. The lowest BCUT2D eigenvalue weighted by atomic mass is 10.2. The molecule has 0 radical (unpaired) electrons. The number of piperazine rings is 1. The van der Waals surface area contributed by atoms with Crippen molar-refractivity contribution in [2.75, 3.05) is 37.3 Å². The Hall–Kier alpha value is -1.37. The predicted molar refractivity (Wildman–Crippen MR) is 85.4 cm³/mol. The molecule has 2 heterocycles. The van der Waals surface area contributed by atoms with Gasteiger partial charge in [0.25, 0.3) is 0 Å². The third kappa shape index (κ3) is 3.12. The summed E-state index contributed by atoms with van der Waals surface area (Å²) >= 11 is 5.97. The van der Waals surface area contributed by atoms with Gasteiger partial charge < -0.3 is 4.90 Å². The fourth-order valence-electron chi connectivity index (χ4n) is 2.51. The van der Waals surface area contributed by atoms with E-state index < -0.39 is 10.0 Å². The number of pyridine rings is 1. The van der Waals surface area contributed by atoms with Crippen molar-refractivity contribution in [1.82, 2.24) is 9.29 Å². The van der Waals surface area contributed by atoms with E-state index in [9.17, 15) is 8.42 Å². The molecule has 5 nitrogen and oxygen atoms in total. The molecule has 0 saturated carbocycles. The van der Waals surface area contributed by atoms with Crippen LogP contribution in [0.1, 0.15) is 0 Å². The Balaban J connectivity index is 1.81. The van der Waals surface area contributed by atoms with Crippen molar-refractivity contribution >= 4 is 38.3 Å². The highest BCUT2D eigenvalue weighted by molar-refractivity contribution is 7.88. The number of rotatable bonds is 2. The number of fused-ring (bicyclic) bond motifs is 1. The summed E-state index contributed by atoms with van der Waals surface area (Å²) in [5.74, 6) is 0.873. The predicted octanol–water partition coefficient (Wildman–Crippen LogP) is 1.97. The van der Waals surface area contributed by atoms with Gasteiger partial charge in [0, 0.05) is 36.6 Å². The first kappa shape index (κ1) is 14.6. The van der Waals surface area contributed by atoms with E-state index in [0.717, 1.165) is 16.7 Å². The van der Waals surface area contributed by atoms with Gasteiger partial charge in [-0.15, -0.1) is 0 Å². The quantitative estimate of drug-likeness (QED) is 0.847. The van der Waals surface area contributed by atoms with E-state index in [1.165, 1.54) is 10.6 Å². The summed E-state index contributed by atoms with van der Waals surface area (Å²) in [5, 5.41) is 1.69. The van der Waals surface area contributed by atoms with Crippen molar-refractivity contribution in [1.29, 1.82) is 0 Å². The molecule has 7 heteroatoms. The van der Waals surface area contributed by atoms with Crippen molar-refractivity contribution in [2.24, 2.45) is 0 Å². The molecule has 0 spiro atoms. The van der Waals surface area contributed by atoms with Gasteiger partial charge in [-0.1, -0.05) is 11.6 Å². The molecule has 0 bridgehead atoms. The Morgan fingerprint density at radius 3 is 2.48 bits per heavy atom. The Morgan fingerprint density at radius 1 is 1.10 bits per heavy atom. The summed E-state index contributed by atoms with van der Waals surface area (Å²) in [6.45, 7) is 2.30. The molecule has 1 fully saturated rings. The summed E-state index contributed by atoms with van der Waals surface area (Å²) in [4.78, 5) is 6.73. The minimum absolute atomic E-state index is 0.499. The van der Waals surface area contributed by atoms with Gasteiger partial charge in [0.15, 0.2) is 0 Å². The summed E-state index contributed by atoms with van der Waals surface area (Å²) in [6.07, 6.45) is 1.25. The third-order valence-electron chi connectivity index (χ3n) is 3.67. The van der Waals surface area contributed by atoms with Crippen LogP contribution in [0.15, 0.2) is 30.3 Å². The minimum atomic E-state index is -3.10. The number of sulfonamides is 1. The van der Waals surface area contributed by atoms with E-state index >= 15 is 0 Å². The lowest BCUT2D eigenvalue weighted by Crippen LogP contribution is -2.48. The summed E-state index contributed by atoms with van der Waals surface area (Å²) < 4.78 is 24.5. The van der Waals surface area contributed by atoms with Crippen LogP contribution in [0, 0.1) is 0 Å². The number of hydrogen-bond acceptors (Lipinski definition) is 4. The molecule has 1 aliphatic heterocycles. The zero-order chi connectivity index (χ0) is 15.0. The Labute approximate surface area is 129 Å². The van der Waals surface area contributed by atoms with Crippen LogP contribution in [0.25, 0.3) is 10.9 Å². The fourth-order valence-corrected chi connectivity index (χ4v) is 3.52. The highest BCUT2D eigenvalue weighted by Crippen LogP contribution is 2.22. The van der Waals surface area contributed by atoms with Crippen LogP contribution in [0.4, 0.5) is 5.82 Å². The lowest BCUT2D eigenvalue weighted by Gasteiger charge is -2.34. The molecule has 0 atom stereocenters. The second kappa shape index (κ2) is 5.44. The summed E-state index contributed by atoms with van der Waals surface area (Å²) in [7, 11) is -3.10. The van der Waals surface area contributed by atoms with Gasteiger partial charge in [0.2, 0.25) is 10.0 Å². The van der Waals surface area contributed by atoms with Crippen molar-refractivity contribution in [2.45, 2.75) is 0 Å². The molecule has 1 aromatic heterocycles. The largest absolute Gasteiger partial charge is 0.354 e. The molecule has 21 heavy (non-hydrogen) atoms. The van der Waals surface area contributed by atoms with Gasteiger partial charge in [0.05, 0.1) is 11.8 Å². The number of halogens is 1. The standard InChI is InChI=1S/C14H16ClN3O2S/c1-21(19,20)18-8-6-17(7-9-18)14-5-2-11-10-12(15)3-4-13(11)16-14/h2-5,10H,6-9H2,1H3. The van der Waals surface area contributed by atoms with E-state index in [1.54, 1.807) is 0 Å². The molecule has 0 unspecified atom stereocenters. The molecule has 1 aromatic carbocycles. The fraction of sp³-hybridized carbons (Fsp3) is 0.357. The molecule has 0 aliphatic carbocycles. The van der Waals surface area contributed by atoms with Crippen molar-refractivity contribution < 1.29 is 8.42 Å². The highest BCUT2D eigenvalue weighted by atomic mass is 35.5. The average Bonchev–Trinajstić information content (AvgIpc) is 2.46. The average molecular weight is 326 g/mol. The van der Waals surface area contributed by atoms with Gasteiger partial charge in [-0.05, 0) is 30.3 Å². The van der Waals surface area contributed by atoms with Gasteiger partial charge in [-0.25, -0.2) is 13.4 Å². The first-order chi connectivity index (χ1) is 9.93. The minimum Gasteiger partial charge on any atom is -0.354 e. The molecular weight excluding hydrogens is 310 g/mol. The molecule has 0 N–H and O–H groups in total. The molecule has 3 rings (SSSR count). The second-order valence-electron chi connectivity index (χ2n) is 5.16. The number of anilines is 1. The molecule has 1 aliphatic rings. The number of hydrogen-bond donors (Lipinski definition) is 0. The molecule has 0 amide bonds. The van der Waals surface area contributed by atoms with E-state index in [0.29, 0.717) is 31.2 Å². The summed E-state index contributed by atoms with van der Waals surface area (Å²) in [5.41, 5.74) is 0.891. The number of benzene rings is 1. The van der Waals surface area contributed by atoms with E-state index in [-0.39, 0.29) is 0 Å². The Bertz CT molecular complexity index is 771. The van der Waals surface area contributed by atoms with Crippen molar-refractivity contribution in [3.8, 4) is 0 Å². The van der Waals surface area contributed by atoms with Crippen LogP contribution >= 0.6 is 11.6 Å². The summed E-state index contributed by atoms with van der Waals surface area (Å²) in [6, 6.07) is 9.55. The zero-order valence-electron chi connectivity index (χ0n) is 11.7. The van der Waals surface area contributed by atoms with Gasteiger partial charge in [-0.2, -0.15) is 4.31 Å². The maximum absolute atomic E-state index is 11.5. The van der Waals surface area contributed by atoms with Crippen LogP contribution in [0.5, 0.6) is 0 Å². The topological polar surface area (TPSA) is 53.5 Å². The first-order valence-electron chi connectivity index (χ1n) is 6.70. The normalized spacial score (nSPS) is 17.3. The van der Waals surface area contributed by atoms with Crippen LogP contribution in [0.3, 0.4) is 0 Å². The Kier molecular flexibility index (Phi) is 3.77. The van der Waals surface area contributed by atoms with Crippen LogP contribution in [0.2, 0.25) is 5.02 Å². The van der Waals surface area contributed by atoms with Gasteiger partial charge in [-0.3, -0.25) is 0 Å². The lowest BCUT2D eigenvalue weighted by molar-refractivity contribution is 0.387. The van der Waals surface area contributed by atoms with Crippen LogP contribution in [-0.2, 0) is 10.0 Å². The molecular formula is C14H16ClN3O2S. The van der Waals surface area contributed by atoms with E-state index in [2.05, 4.69) is 9.88 Å². The van der Waals surface area contributed by atoms with Crippen LogP contribution < -0.4 is 4.90 Å². The van der Waals surface area contributed by atoms with E-state index in [1.807, 2.05) is 30.3 Å². The number of aromatic nitrogens is 1. The van der Waals surface area contributed by atoms with Gasteiger partial charge in [0.1, 0.15) is 5.82 Å². The van der Waals surface area contributed by atoms with Crippen molar-refractivity contribution in [3.63, 3.8) is 0 Å². The van der Waals surface area contributed by atoms with Crippen LogP contribution in [-0.4, -0.2) is 50.1 Å². The molecule has 1 saturated heterocycles. The molecule has 112 valence electrons. The number of nitrogens with zero attached hydrogens (tertiary/aromatic N) is 3. The Morgan fingerprint density at radius 2 is 1.81 bits per heavy atom. The first-order valence-corrected chi connectivity index (χ1v) is 8.92. The van der Waals surface area contributed by atoms with Gasteiger partial charge >= 0.3 is 0 Å². The maximum atomic E-state index is 11.5. The third-order valence-corrected chi connectivity index (χ3v) is 5.21. The maximum Gasteiger partial charge on any atom is 0.211 e. The zero-order valence-corrected chi connectivity index (χ0v) is 13.2. The molecule has 2 aromatic rings. The SMILES string of the molecule is CS(=O)(=O)N1CCN(c2ccc3cc(Cl)ccc3n2)CC1. The smallest absolute Gasteiger partial charge is 0.211 e.